The quantitative estimate of drug-likeness (QED) is 0.593. The van der Waals surface area contributed by atoms with E-state index in [0.29, 0.717) is 32.1 Å². The molecule has 1 heterocycles. The highest BCUT2D eigenvalue weighted by atomic mass is 32.2. The first-order chi connectivity index (χ1) is 14.1. The lowest BCUT2D eigenvalue weighted by Crippen LogP contribution is -2.48. The Kier molecular flexibility index (Phi) is 7.88. The third kappa shape index (κ3) is 6.43. The maximum absolute atomic E-state index is 12.5. The topological polar surface area (TPSA) is 71.1 Å². The fourth-order valence-electron chi connectivity index (χ4n) is 3.25. The van der Waals surface area contributed by atoms with Gasteiger partial charge in [-0.15, -0.1) is 0 Å². The zero-order chi connectivity index (χ0) is 20.5. The lowest BCUT2D eigenvalue weighted by molar-refractivity contribution is 0.146. The van der Waals surface area contributed by atoms with Crippen LogP contribution in [0.2, 0.25) is 0 Å². The summed E-state index contributed by atoms with van der Waals surface area (Å²) in [5.41, 5.74) is 1.24. The average molecular weight is 420 g/mol. The highest BCUT2D eigenvalue weighted by Gasteiger charge is 2.18. The van der Waals surface area contributed by atoms with Gasteiger partial charge in [0.05, 0.1) is 11.5 Å². The van der Waals surface area contributed by atoms with Gasteiger partial charge in [0.25, 0.3) is 0 Å². The van der Waals surface area contributed by atoms with Crippen molar-refractivity contribution >= 4 is 15.7 Å². The van der Waals surface area contributed by atoms with Crippen molar-refractivity contribution in [3.63, 3.8) is 0 Å². The molecule has 1 fully saturated rings. The van der Waals surface area contributed by atoms with E-state index < -0.39 is 10.0 Å². The Bertz CT molecular complexity index is 836. The van der Waals surface area contributed by atoms with Gasteiger partial charge in [-0.05, 0) is 36.4 Å². The Morgan fingerprint density at radius 1 is 0.931 bits per heavy atom. The summed E-state index contributed by atoms with van der Waals surface area (Å²) in [4.78, 5) is 4.89. The van der Waals surface area contributed by atoms with E-state index in [2.05, 4.69) is 38.8 Å². The average Bonchev–Trinajstić information content (AvgIpc) is 2.75. The fraction of sp³-hybridized carbons (Fsp3) is 0.429. The van der Waals surface area contributed by atoms with Crippen LogP contribution in [0.4, 0.5) is 5.69 Å². The van der Waals surface area contributed by atoms with E-state index in [9.17, 15) is 8.42 Å². The monoisotopic (exact) mass is 419 g/mol. The molecule has 0 amide bonds. The smallest absolute Gasteiger partial charge is 0.240 e. The third-order valence-corrected chi connectivity index (χ3v) is 6.38. The Hall–Kier alpha value is -2.13. The molecule has 1 saturated heterocycles. The van der Waals surface area contributed by atoms with Crippen molar-refractivity contribution in [3.8, 4) is 5.75 Å². The largest absolute Gasteiger partial charge is 0.491 e. The molecule has 1 aliphatic heterocycles. The van der Waals surface area contributed by atoms with Gasteiger partial charge < -0.3 is 14.4 Å². The summed E-state index contributed by atoms with van der Waals surface area (Å²) < 4.78 is 38.1. The van der Waals surface area contributed by atoms with E-state index in [1.165, 1.54) is 5.69 Å². The van der Waals surface area contributed by atoms with Gasteiger partial charge in [0.2, 0.25) is 10.0 Å². The number of anilines is 1. The number of nitrogens with one attached hydrogen (secondary N) is 1. The van der Waals surface area contributed by atoms with Gasteiger partial charge in [0.1, 0.15) is 12.4 Å². The second-order valence-electron chi connectivity index (χ2n) is 6.87. The number of sulfonamides is 1. The number of rotatable bonds is 10. The first kappa shape index (κ1) is 21.6. The van der Waals surface area contributed by atoms with Gasteiger partial charge in [0, 0.05) is 52.1 Å². The molecule has 29 heavy (non-hydrogen) atoms. The first-order valence-electron chi connectivity index (χ1n) is 9.82. The molecule has 8 heteroatoms. The Balaban J connectivity index is 1.41. The van der Waals surface area contributed by atoms with E-state index in [4.69, 9.17) is 9.47 Å². The van der Waals surface area contributed by atoms with Crippen LogP contribution in [0, 0.1) is 0 Å². The van der Waals surface area contributed by atoms with Crippen molar-refractivity contribution in [2.24, 2.45) is 0 Å². The van der Waals surface area contributed by atoms with Crippen LogP contribution in [0.15, 0.2) is 59.5 Å². The first-order valence-corrected chi connectivity index (χ1v) is 11.3. The zero-order valence-electron chi connectivity index (χ0n) is 16.8. The van der Waals surface area contributed by atoms with Crippen LogP contribution in [0.1, 0.15) is 0 Å². The summed E-state index contributed by atoms with van der Waals surface area (Å²) in [6.07, 6.45) is 0. The van der Waals surface area contributed by atoms with E-state index in [1.54, 1.807) is 31.4 Å². The van der Waals surface area contributed by atoms with E-state index in [1.807, 2.05) is 6.07 Å². The number of hydrogen-bond acceptors (Lipinski definition) is 6. The number of ether oxygens (including phenoxy) is 2. The SMILES string of the molecule is COCCOc1ccc(S(=O)(=O)NCCN2CCN(c3ccccc3)CC2)cc1. The van der Waals surface area contributed by atoms with E-state index >= 15 is 0 Å². The predicted molar refractivity (Wildman–Crippen MR) is 114 cm³/mol. The molecule has 3 rings (SSSR count). The maximum atomic E-state index is 12.5. The van der Waals surface area contributed by atoms with Crippen LogP contribution in [0.3, 0.4) is 0 Å². The molecule has 0 aromatic heterocycles. The number of piperazine rings is 1. The van der Waals surface area contributed by atoms with E-state index in [0.717, 1.165) is 26.2 Å². The van der Waals surface area contributed by atoms with Gasteiger partial charge in [-0.25, -0.2) is 13.1 Å². The fourth-order valence-corrected chi connectivity index (χ4v) is 4.27. The van der Waals surface area contributed by atoms with Gasteiger partial charge in [-0.2, -0.15) is 0 Å². The number of benzene rings is 2. The summed E-state index contributed by atoms with van der Waals surface area (Å²) in [7, 11) is -1.92. The molecule has 0 spiro atoms. The minimum atomic E-state index is -3.52. The third-order valence-electron chi connectivity index (χ3n) is 4.90. The lowest BCUT2D eigenvalue weighted by atomic mass is 10.2. The van der Waals surface area contributed by atoms with E-state index in [-0.39, 0.29) is 4.90 Å². The van der Waals surface area contributed by atoms with Crippen LogP contribution in [-0.4, -0.2) is 72.9 Å². The standard InChI is InChI=1S/C21H29N3O4S/c1-27-17-18-28-20-7-9-21(10-8-20)29(25,26)22-11-12-23-13-15-24(16-14-23)19-5-3-2-4-6-19/h2-10,22H,11-18H2,1H3. The molecule has 7 nitrogen and oxygen atoms in total. The van der Waals surface area contributed by atoms with Gasteiger partial charge in [0.15, 0.2) is 0 Å². The van der Waals surface area contributed by atoms with Crippen molar-refractivity contribution in [1.29, 1.82) is 0 Å². The van der Waals surface area contributed by atoms with Crippen LogP contribution in [0.25, 0.3) is 0 Å². The Morgan fingerprint density at radius 3 is 2.28 bits per heavy atom. The maximum Gasteiger partial charge on any atom is 0.240 e. The summed E-state index contributed by atoms with van der Waals surface area (Å²) in [6, 6.07) is 16.8. The number of para-hydroxylation sites is 1. The molecule has 1 aliphatic rings. The highest BCUT2D eigenvalue weighted by molar-refractivity contribution is 7.89. The number of hydrogen-bond donors (Lipinski definition) is 1. The molecule has 0 bridgehead atoms. The molecule has 0 aliphatic carbocycles. The molecule has 0 atom stereocenters. The van der Waals surface area contributed by atoms with Crippen molar-refractivity contribution in [2.45, 2.75) is 4.90 Å². The molecular formula is C21H29N3O4S. The highest BCUT2D eigenvalue weighted by Crippen LogP contribution is 2.17. The van der Waals surface area contributed by atoms with Crippen molar-refractivity contribution < 1.29 is 17.9 Å². The molecule has 0 saturated carbocycles. The van der Waals surface area contributed by atoms with Crippen LogP contribution in [-0.2, 0) is 14.8 Å². The molecule has 158 valence electrons. The van der Waals surface area contributed by atoms with Crippen LogP contribution in [0.5, 0.6) is 5.75 Å². The zero-order valence-corrected chi connectivity index (χ0v) is 17.6. The van der Waals surface area contributed by atoms with Crippen LogP contribution < -0.4 is 14.4 Å². The summed E-state index contributed by atoms with van der Waals surface area (Å²) >= 11 is 0. The second-order valence-corrected chi connectivity index (χ2v) is 8.64. The predicted octanol–water partition coefficient (Wildman–Crippen LogP) is 1.81. The van der Waals surface area contributed by atoms with Crippen LogP contribution >= 0.6 is 0 Å². The minimum Gasteiger partial charge on any atom is -0.491 e. The summed E-state index contributed by atoms with van der Waals surface area (Å²) in [5.74, 6) is 0.622. The molecule has 2 aromatic carbocycles. The number of nitrogens with zero attached hydrogens (tertiary/aromatic N) is 2. The Labute approximate surface area is 173 Å². The normalized spacial score (nSPS) is 15.4. The van der Waals surface area contributed by atoms with Crippen molar-refractivity contribution in [2.75, 3.05) is 64.5 Å². The summed E-state index contributed by atoms with van der Waals surface area (Å²) in [6.45, 7) is 5.73. The molecule has 0 unspecified atom stereocenters. The van der Waals surface area contributed by atoms with Crippen molar-refractivity contribution in [3.05, 3.63) is 54.6 Å². The molecule has 1 N–H and O–H groups in total. The van der Waals surface area contributed by atoms with Gasteiger partial charge in [-0.3, -0.25) is 4.90 Å². The molecular weight excluding hydrogens is 390 g/mol. The number of methoxy groups -OCH3 is 1. The minimum absolute atomic E-state index is 0.241. The van der Waals surface area contributed by atoms with Gasteiger partial charge in [-0.1, -0.05) is 18.2 Å². The molecule has 2 aromatic rings. The lowest BCUT2D eigenvalue weighted by Gasteiger charge is -2.36. The second kappa shape index (κ2) is 10.6. The van der Waals surface area contributed by atoms with Gasteiger partial charge >= 0.3 is 0 Å². The molecule has 0 radical (unpaired) electrons. The van der Waals surface area contributed by atoms with Crippen molar-refractivity contribution in [1.82, 2.24) is 9.62 Å². The Morgan fingerprint density at radius 2 is 1.62 bits per heavy atom. The summed E-state index contributed by atoms with van der Waals surface area (Å²) in [5, 5.41) is 0.